The third-order valence-corrected chi connectivity index (χ3v) is 2.46. The molecule has 0 N–H and O–H groups in total. The van der Waals surface area contributed by atoms with Crippen LogP contribution < -0.4 is 5.32 Å². The van der Waals surface area contributed by atoms with Crippen LogP contribution in [0.15, 0.2) is 54.6 Å². The van der Waals surface area contributed by atoms with Crippen molar-refractivity contribution < 1.29 is 4.39 Å². The second kappa shape index (κ2) is 4.79. The fraction of sp³-hybridized carbons (Fsp3) is 0.143. The molecule has 2 aromatic rings. The van der Waals surface area contributed by atoms with Crippen LogP contribution in [0.5, 0.6) is 0 Å². The van der Waals surface area contributed by atoms with E-state index >= 15 is 0 Å². The van der Waals surface area contributed by atoms with Crippen molar-refractivity contribution in [2.45, 2.75) is 13.2 Å². The predicted molar refractivity (Wildman–Crippen MR) is 63.3 cm³/mol. The highest BCUT2D eigenvalue weighted by atomic mass is 19.1. The molecule has 0 amide bonds. The molecule has 2 rings (SSSR count). The van der Waals surface area contributed by atoms with E-state index in [2.05, 4.69) is 5.32 Å². The lowest BCUT2D eigenvalue weighted by molar-refractivity contribution is 0.307. The third-order valence-electron chi connectivity index (χ3n) is 2.46. The molecule has 0 bridgehead atoms. The maximum atomic E-state index is 13.9. The Balaban J connectivity index is 2.15. The Morgan fingerprint density at radius 1 is 0.938 bits per heavy atom. The van der Waals surface area contributed by atoms with Gasteiger partial charge in [0.25, 0.3) is 0 Å². The first-order valence-electron chi connectivity index (χ1n) is 5.23. The van der Waals surface area contributed by atoms with Crippen LogP contribution in [-0.2, 0) is 0 Å². The van der Waals surface area contributed by atoms with Gasteiger partial charge in [-0.2, -0.15) is 0 Å². The molecule has 0 aliphatic rings. The highest BCUT2D eigenvalue weighted by Crippen LogP contribution is 2.23. The molecule has 1 nitrogen and oxygen atoms in total. The Hall–Kier alpha value is -1.83. The maximum absolute atomic E-state index is 13.9. The van der Waals surface area contributed by atoms with Crippen LogP contribution in [-0.4, -0.2) is 0 Å². The summed E-state index contributed by atoms with van der Waals surface area (Å²) in [5.74, 6) is 0. The number of hydrogen-bond acceptors (Lipinski definition) is 0. The zero-order valence-electron chi connectivity index (χ0n) is 9.10. The molecule has 16 heavy (non-hydrogen) atoms. The maximum Gasteiger partial charge on any atom is 0.216 e. The normalized spacial score (nSPS) is 12.1. The molecule has 0 saturated carbocycles. The minimum atomic E-state index is -1.29. The van der Waals surface area contributed by atoms with E-state index in [9.17, 15) is 4.39 Å². The molecular weight excluding hydrogens is 201 g/mol. The third kappa shape index (κ3) is 2.40. The zero-order valence-corrected chi connectivity index (χ0v) is 9.10. The molecule has 2 aromatic carbocycles. The summed E-state index contributed by atoms with van der Waals surface area (Å²) in [6.45, 7) is 1.89. The average molecular weight is 214 g/mol. The lowest BCUT2D eigenvalue weighted by Gasteiger charge is -2.11. The Morgan fingerprint density at radius 3 is 2.25 bits per heavy atom. The van der Waals surface area contributed by atoms with Crippen molar-refractivity contribution in [1.29, 1.82) is 0 Å². The van der Waals surface area contributed by atoms with Crippen molar-refractivity contribution in [2.24, 2.45) is 0 Å². The summed E-state index contributed by atoms with van der Waals surface area (Å²) in [7, 11) is 0. The van der Waals surface area contributed by atoms with Crippen molar-refractivity contribution in [3.63, 3.8) is 0 Å². The summed E-state index contributed by atoms with van der Waals surface area (Å²) in [5.41, 5.74) is 2.22. The predicted octanol–water partition coefficient (Wildman–Crippen LogP) is 3.90. The van der Waals surface area contributed by atoms with E-state index in [4.69, 9.17) is 0 Å². The molecule has 0 heterocycles. The van der Waals surface area contributed by atoms with E-state index in [0.29, 0.717) is 11.3 Å². The lowest BCUT2D eigenvalue weighted by atomic mass is 10.1. The molecule has 1 unspecified atom stereocenters. The second-order valence-electron chi connectivity index (χ2n) is 3.66. The van der Waals surface area contributed by atoms with Crippen LogP contribution >= 0.6 is 0 Å². The van der Waals surface area contributed by atoms with Crippen molar-refractivity contribution in [2.75, 3.05) is 0 Å². The molecule has 2 heteroatoms. The molecule has 0 fully saturated rings. The van der Waals surface area contributed by atoms with Gasteiger partial charge in [0, 0.05) is 5.56 Å². The Bertz CT molecular complexity index is 453. The highest BCUT2D eigenvalue weighted by molar-refractivity contribution is 5.37. The fourth-order valence-electron chi connectivity index (χ4n) is 1.57. The van der Waals surface area contributed by atoms with Crippen molar-refractivity contribution >= 4 is 5.69 Å². The average Bonchev–Trinajstić information content (AvgIpc) is 2.31. The standard InChI is InChI=1S/C14H13FN/c1-11-7-5-6-10-13(11)14(15)16-12-8-3-2-4-9-12/h2-10,14H,1H3. The van der Waals surface area contributed by atoms with E-state index in [1.807, 2.05) is 43.3 Å². The number of para-hydroxylation sites is 1. The topological polar surface area (TPSA) is 14.1 Å². The second-order valence-corrected chi connectivity index (χ2v) is 3.66. The largest absolute Gasteiger partial charge is 0.244 e. The summed E-state index contributed by atoms with van der Waals surface area (Å²) < 4.78 is 13.9. The van der Waals surface area contributed by atoms with E-state index < -0.39 is 6.30 Å². The summed E-state index contributed by atoms with van der Waals surface area (Å²) in [5, 5.41) is 4.02. The van der Waals surface area contributed by atoms with E-state index in [1.165, 1.54) is 0 Å². The summed E-state index contributed by atoms with van der Waals surface area (Å²) in [6.07, 6.45) is -1.29. The summed E-state index contributed by atoms with van der Waals surface area (Å²) >= 11 is 0. The van der Waals surface area contributed by atoms with Crippen molar-refractivity contribution in [1.82, 2.24) is 5.32 Å². The molecule has 0 saturated heterocycles. The van der Waals surface area contributed by atoms with Crippen LogP contribution in [0.1, 0.15) is 17.4 Å². The van der Waals surface area contributed by atoms with Crippen molar-refractivity contribution in [3.05, 3.63) is 65.7 Å². The van der Waals surface area contributed by atoms with Crippen LogP contribution in [0.4, 0.5) is 10.1 Å². The number of hydrogen-bond donors (Lipinski definition) is 0. The molecule has 1 radical (unpaired) electrons. The van der Waals surface area contributed by atoms with Gasteiger partial charge < -0.3 is 0 Å². The minimum Gasteiger partial charge on any atom is -0.244 e. The van der Waals surface area contributed by atoms with Crippen LogP contribution in [0, 0.1) is 6.92 Å². The van der Waals surface area contributed by atoms with E-state index in [-0.39, 0.29) is 0 Å². The highest BCUT2D eigenvalue weighted by Gasteiger charge is 2.12. The summed E-state index contributed by atoms with van der Waals surface area (Å²) in [6, 6.07) is 16.6. The van der Waals surface area contributed by atoms with Crippen LogP contribution in [0.25, 0.3) is 0 Å². The molecule has 0 aliphatic heterocycles. The SMILES string of the molecule is Cc1ccccc1C(F)[N]c1ccccc1. The molecule has 1 atom stereocenters. The smallest absolute Gasteiger partial charge is 0.216 e. The lowest BCUT2D eigenvalue weighted by Crippen LogP contribution is -2.05. The van der Waals surface area contributed by atoms with Gasteiger partial charge in [0.2, 0.25) is 6.30 Å². The van der Waals surface area contributed by atoms with Gasteiger partial charge in [0.1, 0.15) is 0 Å². The first-order chi connectivity index (χ1) is 7.77. The Morgan fingerprint density at radius 2 is 1.56 bits per heavy atom. The Labute approximate surface area is 94.9 Å². The Kier molecular flexibility index (Phi) is 3.20. The van der Waals surface area contributed by atoms with Gasteiger partial charge in [-0.25, -0.2) is 9.71 Å². The fourth-order valence-corrected chi connectivity index (χ4v) is 1.57. The number of alkyl halides is 1. The number of aryl methyl sites for hydroxylation is 1. The molecule has 0 spiro atoms. The van der Waals surface area contributed by atoms with Gasteiger partial charge in [-0.05, 0) is 24.6 Å². The molecule has 0 aliphatic carbocycles. The monoisotopic (exact) mass is 214 g/mol. The van der Waals surface area contributed by atoms with E-state index in [1.54, 1.807) is 18.2 Å². The number of rotatable bonds is 3. The minimum absolute atomic E-state index is 0.631. The number of benzene rings is 2. The van der Waals surface area contributed by atoms with Gasteiger partial charge >= 0.3 is 0 Å². The number of nitrogens with zero attached hydrogens (tertiary/aromatic N) is 1. The first-order valence-corrected chi connectivity index (χ1v) is 5.23. The van der Waals surface area contributed by atoms with Gasteiger partial charge in [-0.1, -0.05) is 42.5 Å². The molecular formula is C14H13FN. The first kappa shape index (κ1) is 10.7. The van der Waals surface area contributed by atoms with Crippen LogP contribution in [0.3, 0.4) is 0 Å². The summed E-state index contributed by atoms with van der Waals surface area (Å²) in [4.78, 5) is 0. The number of halogens is 1. The molecule has 0 aromatic heterocycles. The van der Waals surface area contributed by atoms with Crippen LogP contribution in [0.2, 0.25) is 0 Å². The quantitative estimate of drug-likeness (QED) is 0.688. The van der Waals surface area contributed by atoms with E-state index in [0.717, 1.165) is 5.56 Å². The van der Waals surface area contributed by atoms with Crippen molar-refractivity contribution in [3.8, 4) is 0 Å². The molecule has 81 valence electrons. The van der Waals surface area contributed by atoms with Gasteiger partial charge in [-0.15, -0.1) is 0 Å². The van der Waals surface area contributed by atoms with Gasteiger partial charge in [0.05, 0.1) is 5.69 Å². The van der Waals surface area contributed by atoms with Gasteiger partial charge in [-0.3, -0.25) is 0 Å². The zero-order chi connectivity index (χ0) is 11.4. The van der Waals surface area contributed by atoms with Gasteiger partial charge in [0.15, 0.2) is 0 Å².